The van der Waals surface area contributed by atoms with Gasteiger partial charge in [-0.25, -0.2) is 4.79 Å². The minimum atomic E-state index is -0.211. The summed E-state index contributed by atoms with van der Waals surface area (Å²) < 4.78 is 5.07. The number of nitrogens with one attached hydrogen (secondary N) is 2. The van der Waals surface area contributed by atoms with Crippen LogP contribution in [0.1, 0.15) is 25.3 Å². The molecule has 8 heteroatoms. The molecule has 0 aromatic heterocycles. The van der Waals surface area contributed by atoms with Crippen LogP contribution in [0.2, 0.25) is 0 Å². The Morgan fingerprint density at radius 2 is 1.83 bits per heavy atom. The third kappa shape index (κ3) is 6.80. The summed E-state index contributed by atoms with van der Waals surface area (Å²) in [5, 5.41) is 6.85. The minimum Gasteiger partial charge on any atom is -0.450 e. The van der Waals surface area contributed by atoms with Crippen LogP contribution in [-0.2, 0) is 11.3 Å². The Kier molecular flexibility index (Phi) is 9.56. The zero-order chi connectivity index (χ0) is 19.8. The van der Waals surface area contributed by atoms with E-state index in [1.54, 1.807) is 11.9 Å². The summed E-state index contributed by atoms with van der Waals surface area (Å²) in [6.07, 6.45) is 5.96. The molecule has 0 bridgehead atoms. The van der Waals surface area contributed by atoms with Crippen molar-refractivity contribution in [3.63, 3.8) is 0 Å². The summed E-state index contributed by atoms with van der Waals surface area (Å²) in [5.74, 6) is 0.794. The molecule has 1 amide bonds. The van der Waals surface area contributed by atoms with Gasteiger partial charge >= 0.3 is 6.09 Å². The molecule has 2 N–H and O–H groups in total. The molecule has 0 unspecified atom stereocenters. The van der Waals surface area contributed by atoms with E-state index >= 15 is 0 Å². The van der Waals surface area contributed by atoms with Crippen LogP contribution in [0.5, 0.6) is 0 Å². The fourth-order valence-corrected chi connectivity index (χ4v) is 3.51. The Bertz CT molecular complexity index is 692. The molecule has 0 radical (unpaired) electrons. The van der Waals surface area contributed by atoms with Crippen LogP contribution in [0.4, 0.5) is 10.5 Å². The molecule has 1 saturated heterocycles. The van der Waals surface area contributed by atoms with Crippen molar-refractivity contribution in [1.29, 1.82) is 0 Å². The lowest BCUT2D eigenvalue weighted by Gasteiger charge is -2.32. The second kappa shape index (κ2) is 11.9. The number of likely N-dealkylation sites (tertiary alicyclic amines) is 1. The number of rotatable bonds is 5. The number of carbonyl (C=O) groups is 1. The summed E-state index contributed by atoms with van der Waals surface area (Å²) in [6.45, 7) is 6.37. The van der Waals surface area contributed by atoms with E-state index < -0.39 is 0 Å². The first kappa shape index (κ1) is 23.3. The molecule has 2 aliphatic heterocycles. The van der Waals surface area contributed by atoms with Crippen LogP contribution in [0.15, 0.2) is 41.4 Å². The van der Waals surface area contributed by atoms with Crippen molar-refractivity contribution in [3.05, 3.63) is 42.0 Å². The highest BCUT2D eigenvalue weighted by Gasteiger charge is 2.24. The first-order chi connectivity index (χ1) is 13.7. The highest BCUT2D eigenvalue weighted by atomic mass is 127. The van der Waals surface area contributed by atoms with Crippen LogP contribution in [0, 0.1) is 0 Å². The molecular weight excluding hydrogens is 481 g/mol. The predicted molar refractivity (Wildman–Crippen MR) is 128 cm³/mol. The first-order valence-electron chi connectivity index (χ1n) is 10.1. The number of carbonyl (C=O) groups excluding carboxylic acids is 1. The fourth-order valence-electron chi connectivity index (χ4n) is 3.51. The average Bonchev–Trinajstić information content (AvgIpc) is 3.27. The Morgan fingerprint density at radius 1 is 1.17 bits per heavy atom. The maximum atomic E-state index is 11.8. The van der Waals surface area contributed by atoms with Crippen LogP contribution in [-0.4, -0.2) is 62.8 Å². The number of piperidine rings is 1. The minimum absolute atomic E-state index is 0. The fraction of sp³-hybridized carbons (Fsp3) is 0.524. The van der Waals surface area contributed by atoms with Crippen LogP contribution < -0.4 is 15.5 Å². The van der Waals surface area contributed by atoms with E-state index in [9.17, 15) is 4.79 Å². The van der Waals surface area contributed by atoms with Gasteiger partial charge in [0.25, 0.3) is 0 Å². The van der Waals surface area contributed by atoms with Gasteiger partial charge in [0.05, 0.1) is 6.61 Å². The molecular formula is C21H32IN5O2. The molecule has 1 fully saturated rings. The zero-order valence-electron chi connectivity index (χ0n) is 17.3. The predicted octanol–water partition coefficient (Wildman–Crippen LogP) is 2.97. The number of anilines is 1. The lowest BCUT2D eigenvalue weighted by atomic mass is 10.1. The van der Waals surface area contributed by atoms with E-state index in [0.29, 0.717) is 25.7 Å². The average molecular weight is 513 g/mol. The maximum Gasteiger partial charge on any atom is 0.409 e. The Hall–Kier alpha value is -1.97. The molecule has 0 atom stereocenters. The van der Waals surface area contributed by atoms with Crippen molar-refractivity contribution in [3.8, 4) is 0 Å². The van der Waals surface area contributed by atoms with E-state index in [1.807, 2.05) is 6.92 Å². The summed E-state index contributed by atoms with van der Waals surface area (Å²) >= 11 is 0. The topological polar surface area (TPSA) is 69.2 Å². The normalized spacial score (nSPS) is 17.1. The van der Waals surface area contributed by atoms with Gasteiger partial charge < -0.3 is 25.2 Å². The third-order valence-corrected chi connectivity index (χ3v) is 5.17. The van der Waals surface area contributed by atoms with Crippen molar-refractivity contribution in [2.45, 2.75) is 32.4 Å². The van der Waals surface area contributed by atoms with Gasteiger partial charge in [-0.3, -0.25) is 4.99 Å². The molecule has 2 aliphatic rings. The first-order valence-corrected chi connectivity index (χ1v) is 10.1. The van der Waals surface area contributed by atoms with Crippen molar-refractivity contribution < 1.29 is 9.53 Å². The van der Waals surface area contributed by atoms with E-state index in [2.05, 4.69) is 56.9 Å². The molecule has 7 nitrogen and oxygen atoms in total. The molecule has 1 aromatic carbocycles. The van der Waals surface area contributed by atoms with Gasteiger partial charge in [-0.2, -0.15) is 0 Å². The van der Waals surface area contributed by atoms with Gasteiger partial charge in [0.15, 0.2) is 5.96 Å². The molecule has 0 spiro atoms. The van der Waals surface area contributed by atoms with Gasteiger partial charge in [0, 0.05) is 51.5 Å². The largest absolute Gasteiger partial charge is 0.450 e. The molecule has 3 rings (SSSR count). The second-order valence-corrected chi connectivity index (χ2v) is 7.07. The summed E-state index contributed by atoms with van der Waals surface area (Å²) in [5.41, 5.74) is 2.47. The zero-order valence-corrected chi connectivity index (χ0v) is 19.6. The highest BCUT2D eigenvalue weighted by Crippen LogP contribution is 2.17. The number of guanidine groups is 1. The van der Waals surface area contributed by atoms with E-state index in [0.717, 1.165) is 38.4 Å². The lowest BCUT2D eigenvalue weighted by molar-refractivity contribution is 0.0963. The number of benzene rings is 1. The number of amides is 1. The van der Waals surface area contributed by atoms with Crippen LogP contribution >= 0.6 is 24.0 Å². The number of nitrogens with zero attached hydrogens (tertiary/aromatic N) is 3. The van der Waals surface area contributed by atoms with E-state index in [4.69, 9.17) is 4.74 Å². The smallest absolute Gasteiger partial charge is 0.409 e. The summed E-state index contributed by atoms with van der Waals surface area (Å²) in [6, 6.07) is 8.97. The Balaban J connectivity index is 0.00000300. The molecule has 2 heterocycles. The monoisotopic (exact) mass is 513 g/mol. The molecule has 0 saturated carbocycles. The van der Waals surface area contributed by atoms with E-state index in [-0.39, 0.29) is 30.1 Å². The Morgan fingerprint density at radius 3 is 2.41 bits per heavy atom. The highest BCUT2D eigenvalue weighted by molar-refractivity contribution is 14.0. The second-order valence-electron chi connectivity index (χ2n) is 7.07. The molecule has 160 valence electrons. The number of aliphatic imine (C=N–C) groups is 1. The van der Waals surface area contributed by atoms with Gasteiger partial charge in [0.1, 0.15) is 0 Å². The number of ether oxygens (including phenoxy) is 1. The van der Waals surface area contributed by atoms with Gasteiger partial charge in [-0.15, -0.1) is 24.0 Å². The van der Waals surface area contributed by atoms with Crippen LogP contribution in [0.3, 0.4) is 0 Å². The van der Waals surface area contributed by atoms with E-state index in [1.165, 1.54) is 11.3 Å². The van der Waals surface area contributed by atoms with Gasteiger partial charge in [-0.05, 0) is 37.5 Å². The number of hydrogen-bond donors (Lipinski definition) is 2. The quantitative estimate of drug-likeness (QED) is 0.274. The molecule has 0 aliphatic carbocycles. The third-order valence-electron chi connectivity index (χ3n) is 5.17. The number of halogens is 1. The van der Waals surface area contributed by atoms with Gasteiger partial charge in [-0.1, -0.05) is 24.3 Å². The van der Waals surface area contributed by atoms with Crippen molar-refractivity contribution in [2.75, 3.05) is 44.7 Å². The summed E-state index contributed by atoms with van der Waals surface area (Å²) in [4.78, 5) is 20.2. The van der Waals surface area contributed by atoms with Gasteiger partial charge in [0.2, 0.25) is 0 Å². The molecule has 29 heavy (non-hydrogen) atoms. The Labute approximate surface area is 190 Å². The summed E-state index contributed by atoms with van der Waals surface area (Å²) in [7, 11) is 1.78. The number of hydrogen-bond acceptors (Lipinski definition) is 4. The van der Waals surface area contributed by atoms with Crippen LogP contribution in [0.25, 0.3) is 0 Å². The van der Waals surface area contributed by atoms with Crippen molar-refractivity contribution in [1.82, 2.24) is 15.5 Å². The maximum absolute atomic E-state index is 11.8. The lowest BCUT2D eigenvalue weighted by Crippen LogP contribution is -2.49. The standard InChI is InChI=1S/C21H31N5O2.HI/c1-3-28-21(27)26-14-10-18(11-15-26)24-20(22-2)23-16-17-6-8-19(9-7-17)25-12-4-5-13-25;/h4-9,18H,3,10-16H2,1-2H3,(H2,22,23,24);1H. The SMILES string of the molecule is CCOC(=O)N1CCC(NC(=NC)NCc2ccc(N3CC=CC3)cc2)CC1.I. The molecule has 1 aromatic rings. The van der Waals surface area contributed by atoms with Crippen molar-refractivity contribution in [2.24, 2.45) is 4.99 Å². The van der Waals surface area contributed by atoms with Crippen molar-refractivity contribution >= 4 is 41.7 Å².